The van der Waals surface area contributed by atoms with Crippen molar-refractivity contribution in [2.45, 2.75) is 38.0 Å². The Morgan fingerprint density at radius 3 is 2.69 bits per heavy atom. The second-order valence-electron chi connectivity index (χ2n) is 5.07. The van der Waals surface area contributed by atoms with Crippen molar-refractivity contribution in [1.29, 1.82) is 0 Å². The van der Waals surface area contributed by atoms with E-state index < -0.39 is 0 Å². The number of hydrogen-bond donors (Lipinski definition) is 0. The lowest BCUT2D eigenvalue weighted by atomic mass is 9.93. The standard InChI is InChI=1S/C11H15ClN2OS/c1-11(2,3)8-6-16-10(13-8)14-5-7(12)4-9(14)15/h6-7H,4-5H2,1-3H3. The van der Waals surface area contributed by atoms with E-state index in [2.05, 4.69) is 25.8 Å². The van der Waals surface area contributed by atoms with Gasteiger partial charge >= 0.3 is 0 Å². The highest BCUT2D eigenvalue weighted by atomic mass is 35.5. The average Bonchev–Trinajstić information content (AvgIpc) is 2.70. The Hall–Kier alpha value is -0.610. The topological polar surface area (TPSA) is 33.2 Å². The van der Waals surface area contributed by atoms with Crippen LogP contribution in [0.5, 0.6) is 0 Å². The van der Waals surface area contributed by atoms with Crippen molar-refractivity contribution < 1.29 is 4.79 Å². The molecule has 1 amide bonds. The summed E-state index contributed by atoms with van der Waals surface area (Å²) in [5, 5.41) is 2.72. The number of hydrogen-bond acceptors (Lipinski definition) is 3. The van der Waals surface area contributed by atoms with Gasteiger partial charge in [0.2, 0.25) is 5.91 Å². The zero-order valence-corrected chi connectivity index (χ0v) is 11.2. The normalized spacial score (nSPS) is 21.9. The van der Waals surface area contributed by atoms with Gasteiger partial charge in [0.25, 0.3) is 0 Å². The number of thiazole rings is 1. The lowest BCUT2D eigenvalue weighted by molar-refractivity contribution is -0.117. The van der Waals surface area contributed by atoms with Crippen LogP contribution in [-0.4, -0.2) is 22.8 Å². The molecular weight excluding hydrogens is 244 g/mol. The van der Waals surface area contributed by atoms with E-state index in [-0.39, 0.29) is 16.7 Å². The first kappa shape index (κ1) is 11.9. The van der Waals surface area contributed by atoms with E-state index in [1.54, 1.807) is 4.90 Å². The number of carbonyl (C=O) groups excluding carboxylic acids is 1. The zero-order valence-electron chi connectivity index (χ0n) is 9.66. The maximum absolute atomic E-state index is 11.7. The summed E-state index contributed by atoms with van der Waals surface area (Å²) >= 11 is 7.48. The van der Waals surface area contributed by atoms with Crippen LogP contribution in [0.15, 0.2) is 5.38 Å². The van der Waals surface area contributed by atoms with Crippen molar-refractivity contribution in [2.24, 2.45) is 0 Å². The molecule has 88 valence electrons. The maximum atomic E-state index is 11.7. The van der Waals surface area contributed by atoms with Gasteiger partial charge in [0.1, 0.15) is 0 Å². The second kappa shape index (κ2) is 4.00. The second-order valence-corrected chi connectivity index (χ2v) is 6.52. The molecule has 1 aromatic heterocycles. The van der Waals surface area contributed by atoms with Gasteiger partial charge < -0.3 is 0 Å². The lowest BCUT2D eigenvalue weighted by Gasteiger charge is -2.15. The molecule has 2 heterocycles. The molecule has 0 bridgehead atoms. The van der Waals surface area contributed by atoms with Crippen molar-refractivity contribution in [3.05, 3.63) is 11.1 Å². The molecule has 1 aliphatic rings. The summed E-state index contributed by atoms with van der Waals surface area (Å²) < 4.78 is 0. The number of nitrogens with zero attached hydrogens (tertiary/aromatic N) is 2. The maximum Gasteiger partial charge on any atom is 0.230 e. The van der Waals surface area contributed by atoms with E-state index in [1.807, 2.05) is 5.38 Å². The minimum Gasteiger partial charge on any atom is -0.287 e. The van der Waals surface area contributed by atoms with Crippen LogP contribution < -0.4 is 4.90 Å². The highest BCUT2D eigenvalue weighted by Gasteiger charge is 2.31. The van der Waals surface area contributed by atoms with Gasteiger partial charge in [-0.2, -0.15) is 0 Å². The summed E-state index contributed by atoms with van der Waals surface area (Å²) in [5.41, 5.74) is 1.05. The Bertz CT molecular complexity index is 410. The molecule has 1 aliphatic heterocycles. The molecule has 1 aromatic rings. The Morgan fingerprint density at radius 1 is 1.56 bits per heavy atom. The molecule has 2 rings (SSSR count). The smallest absolute Gasteiger partial charge is 0.230 e. The van der Waals surface area contributed by atoms with Crippen LogP contribution in [0.3, 0.4) is 0 Å². The van der Waals surface area contributed by atoms with Crippen LogP contribution in [0.4, 0.5) is 5.13 Å². The number of rotatable bonds is 1. The predicted octanol–water partition coefficient (Wildman–Crippen LogP) is 2.78. The molecule has 5 heteroatoms. The third-order valence-electron chi connectivity index (χ3n) is 2.57. The first-order valence-electron chi connectivity index (χ1n) is 5.28. The van der Waals surface area contributed by atoms with Crippen LogP contribution in [0.1, 0.15) is 32.9 Å². The SMILES string of the molecule is CC(C)(C)c1csc(N2CC(Cl)CC2=O)n1. The van der Waals surface area contributed by atoms with Crippen LogP contribution in [0.25, 0.3) is 0 Å². The van der Waals surface area contributed by atoms with Crippen molar-refractivity contribution >= 4 is 34.0 Å². The summed E-state index contributed by atoms with van der Waals surface area (Å²) in [7, 11) is 0. The van der Waals surface area contributed by atoms with Crippen molar-refractivity contribution in [3.63, 3.8) is 0 Å². The summed E-state index contributed by atoms with van der Waals surface area (Å²) in [5.74, 6) is 0.0785. The first-order chi connectivity index (χ1) is 7.38. The minimum absolute atomic E-state index is 0.0257. The number of amides is 1. The van der Waals surface area contributed by atoms with Gasteiger partial charge in [0.05, 0.1) is 11.1 Å². The van der Waals surface area contributed by atoms with E-state index in [9.17, 15) is 4.79 Å². The summed E-state index contributed by atoms with van der Waals surface area (Å²) in [6.45, 7) is 6.92. The van der Waals surface area contributed by atoms with Crippen LogP contribution in [0.2, 0.25) is 0 Å². The Kier molecular flexibility index (Phi) is 2.97. The number of alkyl halides is 1. The fourth-order valence-corrected chi connectivity index (χ4v) is 2.93. The molecule has 16 heavy (non-hydrogen) atoms. The molecule has 0 aromatic carbocycles. The van der Waals surface area contributed by atoms with Crippen molar-refractivity contribution in [1.82, 2.24) is 4.98 Å². The first-order valence-corrected chi connectivity index (χ1v) is 6.60. The molecule has 0 radical (unpaired) electrons. The van der Waals surface area contributed by atoms with Crippen LogP contribution >= 0.6 is 22.9 Å². The highest BCUT2D eigenvalue weighted by molar-refractivity contribution is 7.14. The zero-order chi connectivity index (χ0) is 11.9. The molecule has 1 fully saturated rings. The number of halogens is 1. The molecule has 1 saturated heterocycles. The molecule has 1 atom stereocenters. The van der Waals surface area contributed by atoms with Crippen LogP contribution in [-0.2, 0) is 10.2 Å². The Morgan fingerprint density at radius 2 is 2.25 bits per heavy atom. The summed E-state index contributed by atoms with van der Waals surface area (Å²) in [6, 6.07) is 0. The number of carbonyl (C=O) groups is 1. The molecule has 3 nitrogen and oxygen atoms in total. The van der Waals surface area contributed by atoms with Crippen molar-refractivity contribution in [2.75, 3.05) is 11.4 Å². The monoisotopic (exact) mass is 258 g/mol. The molecule has 0 N–H and O–H groups in total. The fourth-order valence-electron chi connectivity index (χ4n) is 1.58. The minimum atomic E-state index is -0.0745. The van der Waals surface area contributed by atoms with Crippen molar-refractivity contribution in [3.8, 4) is 0 Å². The highest BCUT2D eigenvalue weighted by Crippen LogP contribution is 2.31. The van der Waals surface area contributed by atoms with Gasteiger partial charge in [0, 0.05) is 23.8 Å². The Labute approximate surface area is 104 Å². The van der Waals surface area contributed by atoms with Gasteiger partial charge in [0.15, 0.2) is 5.13 Å². The van der Waals surface area contributed by atoms with Gasteiger partial charge in [-0.25, -0.2) is 4.98 Å². The molecule has 0 saturated carbocycles. The van der Waals surface area contributed by atoms with E-state index in [1.165, 1.54) is 11.3 Å². The lowest BCUT2D eigenvalue weighted by Crippen LogP contribution is -2.24. The quantitative estimate of drug-likeness (QED) is 0.726. The molecule has 0 spiro atoms. The third-order valence-corrected chi connectivity index (χ3v) is 3.73. The number of anilines is 1. The molecule has 0 aliphatic carbocycles. The molecule has 1 unspecified atom stereocenters. The van der Waals surface area contributed by atoms with Gasteiger partial charge in [-0.15, -0.1) is 22.9 Å². The van der Waals surface area contributed by atoms with Gasteiger partial charge in [-0.05, 0) is 0 Å². The molecular formula is C11H15ClN2OS. The number of aromatic nitrogens is 1. The van der Waals surface area contributed by atoms with Gasteiger partial charge in [-0.1, -0.05) is 20.8 Å². The van der Waals surface area contributed by atoms with E-state index in [4.69, 9.17) is 11.6 Å². The Balaban J connectivity index is 2.23. The average molecular weight is 259 g/mol. The van der Waals surface area contributed by atoms with E-state index in [0.717, 1.165) is 10.8 Å². The summed E-state index contributed by atoms with van der Waals surface area (Å²) in [6.07, 6.45) is 0.423. The predicted molar refractivity (Wildman–Crippen MR) is 67.4 cm³/mol. The largest absolute Gasteiger partial charge is 0.287 e. The van der Waals surface area contributed by atoms with Gasteiger partial charge in [-0.3, -0.25) is 9.69 Å². The third kappa shape index (κ3) is 2.23. The fraction of sp³-hybridized carbons (Fsp3) is 0.636. The summed E-state index contributed by atoms with van der Waals surface area (Å²) in [4.78, 5) is 17.9. The van der Waals surface area contributed by atoms with E-state index >= 15 is 0 Å². The van der Waals surface area contributed by atoms with Crippen LogP contribution in [0, 0.1) is 0 Å². The van der Waals surface area contributed by atoms with E-state index in [0.29, 0.717) is 13.0 Å².